The van der Waals surface area contributed by atoms with Crippen LogP contribution in [0.15, 0.2) is 27.6 Å². The van der Waals surface area contributed by atoms with Crippen LogP contribution in [0.25, 0.3) is 0 Å². The minimum absolute atomic E-state index is 0.479. The Morgan fingerprint density at radius 1 is 1.50 bits per heavy atom. The fraction of sp³-hybridized carbons (Fsp3) is 0.250. The van der Waals surface area contributed by atoms with Crippen molar-refractivity contribution in [3.63, 3.8) is 0 Å². The van der Waals surface area contributed by atoms with Crippen LogP contribution in [0.4, 0.5) is 0 Å². The highest BCUT2D eigenvalue weighted by molar-refractivity contribution is 9.10. The standard InChI is InChI=1S/C8H10BrNOS/c1-12-8-3-6(5-10-11)2-7(9)4-8/h2-4,10-11H,5H2,1H3. The molecule has 0 saturated carbocycles. The maximum absolute atomic E-state index is 8.50. The van der Waals surface area contributed by atoms with Gasteiger partial charge in [-0.15, -0.1) is 11.8 Å². The number of rotatable bonds is 3. The number of thioether (sulfide) groups is 1. The molecule has 0 bridgehead atoms. The molecule has 0 unspecified atom stereocenters. The molecule has 0 aliphatic carbocycles. The van der Waals surface area contributed by atoms with E-state index in [9.17, 15) is 0 Å². The zero-order valence-electron chi connectivity index (χ0n) is 6.67. The second kappa shape index (κ2) is 4.87. The molecule has 0 amide bonds. The Morgan fingerprint density at radius 2 is 2.25 bits per heavy atom. The van der Waals surface area contributed by atoms with Gasteiger partial charge >= 0.3 is 0 Å². The molecule has 12 heavy (non-hydrogen) atoms. The first kappa shape index (κ1) is 10.1. The molecule has 1 rings (SSSR count). The molecule has 0 saturated heterocycles. The predicted octanol–water partition coefficient (Wildman–Crippen LogP) is 2.65. The highest BCUT2D eigenvalue weighted by atomic mass is 79.9. The highest BCUT2D eigenvalue weighted by Gasteiger charge is 1.97. The van der Waals surface area contributed by atoms with Crippen molar-refractivity contribution in [2.45, 2.75) is 11.4 Å². The minimum atomic E-state index is 0.479. The summed E-state index contributed by atoms with van der Waals surface area (Å²) in [4.78, 5) is 1.19. The van der Waals surface area contributed by atoms with Crippen molar-refractivity contribution in [2.75, 3.05) is 6.26 Å². The lowest BCUT2D eigenvalue weighted by Gasteiger charge is -2.03. The topological polar surface area (TPSA) is 32.3 Å². The van der Waals surface area contributed by atoms with E-state index in [0.717, 1.165) is 10.0 Å². The third-order valence-corrected chi connectivity index (χ3v) is 2.61. The van der Waals surface area contributed by atoms with Gasteiger partial charge in [-0.3, -0.25) is 0 Å². The number of halogens is 1. The predicted molar refractivity (Wildman–Crippen MR) is 54.5 cm³/mol. The summed E-state index contributed by atoms with van der Waals surface area (Å²) >= 11 is 5.08. The van der Waals surface area contributed by atoms with Crippen molar-refractivity contribution in [1.29, 1.82) is 0 Å². The molecule has 66 valence electrons. The first-order valence-electron chi connectivity index (χ1n) is 3.46. The van der Waals surface area contributed by atoms with Crippen molar-refractivity contribution in [2.24, 2.45) is 0 Å². The Labute approximate surface area is 84.5 Å². The van der Waals surface area contributed by atoms with Gasteiger partial charge in [-0.25, -0.2) is 5.48 Å². The lowest BCUT2D eigenvalue weighted by molar-refractivity contribution is 0.161. The van der Waals surface area contributed by atoms with Gasteiger partial charge in [0.2, 0.25) is 0 Å². The molecule has 1 aromatic rings. The molecule has 0 radical (unpaired) electrons. The average molecular weight is 248 g/mol. The summed E-state index contributed by atoms with van der Waals surface area (Å²) in [6, 6.07) is 6.06. The van der Waals surface area contributed by atoms with E-state index in [-0.39, 0.29) is 0 Å². The van der Waals surface area contributed by atoms with E-state index < -0.39 is 0 Å². The maximum Gasteiger partial charge on any atom is 0.0458 e. The zero-order chi connectivity index (χ0) is 8.97. The molecule has 0 fully saturated rings. The molecule has 0 aliphatic rings. The lowest BCUT2D eigenvalue weighted by atomic mass is 10.2. The van der Waals surface area contributed by atoms with Gasteiger partial charge in [0, 0.05) is 15.9 Å². The van der Waals surface area contributed by atoms with Crippen LogP contribution in [0.3, 0.4) is 0 Å². The van der Waals surface area contributed by atoms with Crippen molar-refractivity contribution in [3.8, 4) is 0 Å². The second-order valence-corrected chi connectivity index (χ2v) is 4.13. The fourth-order valence-electron chi connectivity index (χ4n) is 0.932. The van der Waals surface area contributed by atoms with Gasteiger partial charge in [0.25, 0.3) is 0 Å². The largest absolute Gasteiger partial charge is 0.316 e. The molecular formula is C8H10BrNOS. The van der Waals surface area contributed by atoms with E-state index in [2.05, 4.69) is 21.4 Å². The summed E-state index contributed by atoms with van der Waals surface area (Å²) in [5.74, 6) is 0. The fourth-order valence-corrected chi connectivity index (χ4v) is 2.14. The monoisotopic (exact) mass is 247 g/mol. The Morgan fingerprint density at radius 3 is 2.83 bits per heavy atom. The van der Waals surface area contributed by atoms with Crippen molar-refractivity contribution in [1.82, 2.24) is 5.48 Å². The van der Waals surface area contributed by atoms with Crippen LogP contribution in [0, 0.1) is 0 Å². The summed E-state index contributed by atoms with van der Waals surface area (Å²) in [6.07, 6.45) is 2.03. The van der Waals surface area contributed by atoms with Crippen LogP contribution >= 0.6 is 27.7 Å². The van der Waals surface area contributed by atoms with Crippen LogP contribution in [-0.2, 0) is 6.54 Å². The Kier molecular flexibility index (Phi) is 4.08. The quantitative estimate of drug-likeness (QED) is 0.637. The van der Waals surface area contributed by atoms with Crippen LogP contribution < -0.4 is 5.48 Å². The van der Waals surface area contributed by atoms with Gasteiger partial charge in [0.15, 0.2) is 0 Å². The average Bonchev–Trinajstić information content (AvgIpc) is 2.04. The van der Waals surface area contributed by atoms with E-state index in [1.807, 2.05) is 24.5 Å². The van der Waals surface area contributed by atoms with E-state index in [0.29, 0.717) is 6.54 Å². The number of hydrogen-bond acceptors (Lipinski definition) is 3. The van der Waals surface area contributed by atoms with Crippen LogP contribution in [-0.4, -0.2) is 11.5 Å². The lowest BCUT2D eigenvalue weighted by Crippen LogP contribution is -2.05. The number of hydrogen-bond donors (Lipinski definition) is 2. The molecule has 2 N–H and O–H groups in total. The van der Waals surface area contributed by atoms with E-state index in [1.54, 1.807) is 11.8 Å². The normalized spacial score (nSPS) is 10.2. The van der Waals surface area contributed by atoms with Crippen molar-refractivity contribution < 1.29 is 5.21 Å². The number of benzene rings is 1. The van der Waals surface area contributed by atoms with Crippen LogP contribution in [0.5, 0.6) is 0 Å². The summed E-state index contributed by atoms with van der Waals surface area (Å²) in [5, 5.41) is 8.50. The first-order chi connectivity index (χ1) is 5.76. The van der Waals surface area contributed by atoms with E-state index in [4.69, 9.17) is 5.21 Å². The molecule has 0 heterocycles. The second-order valence-electron chi connectivity index (χ2n) is 2.33. The van der Waals surface area contributed by atoms with E-state index in [1.165, 1.54) is 4.90 Å². The van der Waals surface area contributed by atoms with Gasteiger partial charge in [-0.2, -0.15) is 0 Å². The summed E-state index contributed by atoms with van der Waals surface area (Å²) < 4.78 is 1.04. The summed E-state index contributed by atoms with van der Waals surface area (Å²) in [6.45, 7) is 0.479. The Hall–Kier alpha value is -0.0300. The highest BCUT2D eigenvalue weighted by Crippen LogP contribution is 2.22. The van der Waals surface area contributed by atoms with Gasteiger partial charge in [0.05, 0.1) is 0 Å². The van der Waals surface area contributed by atoms with Crippen molar-refractivity contribution in [3.05, 3.63) is 28.2 Å². The molecular weight excluding hydrogens is 238 g/mol. The van der Waals surface area contributed by atoms with E-state index >= 15 is 0 Å². The summed E-state index contributed by atoms with van der Waals surface area (Å²) in [5.41, 5.74) is 3.20. The summed E-state index contributed by atoms with van der Waals surface area (Å²) in [7, 11) is 0. The SMILES string of the molecule is CSc1cc(Br)cc(CNO)c1. The van der Waals surface area contributed by atoms with Gasteiger partial charge in [-0.05, 0) is 30.0 Å². The maximum atomic E-state index is 8.50. The van der Waals surface area contributed by atoms with Gasteiger partial charge in [0.1, 0.15) is 0 Å². The molecule has 0 aromatic heterocycles. The van der Waals surface area contributed by atoms with Crippen molar-refractivity contribution >= 4 is 27.7 Å². The molecule has 4 heteroatoms. The van der Waals surface area contributed by atoms with Crippen LogP contribution in [0.1, 0.15) is 5.56 Å². The molecule has 0 aliphatic heterocycles. The third kappa shape index (κ3) is 2.79. The smallest absolute Gasteiger partial charge is 0.0458 e. The Balaban J connectivity index is 2.90. The Bertz CT molecular complexity index is 267. The minimum Gasteiger partial charge on any atom is -0.316 e. The first-order valence-corrected chi connectivity index (χ1v) is 5.48. The molecule has 0 atom stereocenters. The molecule has 1 aromatic carbocycles. The third-order valence-electron chi connectivity index (χ3n) is 1.45. The number of nitrogens with one attached hydrogen (secondary N) is 1. The zero-order valence-corrected chi connectivity index (χ0v) is 9.08. The molecule has 2 nitrogen and oxygen atoms in total. The van der Waals surface area contributed by atoms with Crippen LogP contribution in [0.2, 0.25) is 0 Å². The van der Waals surface area contributed by atoms with Gasteiger partial charge in [-0.1, -0.05) is 15.9 Å². The number of hydroxylamine groups is 1. The van der Waals surface area contributed by atoms with Gasteiger partial charge < -0.3 is 5.21 Å². The molecule has 0 spiro atoms.